The van der Waals surface area contributed by atoms with Crippen molar-refractivity contribution in [3.8, 4) is 0 Å². The second kappa shape index (κ2) is 9.22. The lowest BCUT2D eigenvalue weighted by Gasteiger charge is -2.09. The van der Waals surface area contributed by atoms with Crippen molar-refractivity contribution in [1.29, 1.82) is 0 Å². The number of H-pyrrole nitrogens is 1. The molecule has 1 aromatic carbocycles. The van der Waals surface area contributed by atoms with Gasteiger partial charge < -0.3 is 15.1 Å². The van der Waals surface area contributed by atoms with Crippen LogP contribution in [0, 0.1) is 6.92 Å². The normalized spacial score (nSPS) is 10.7. The van der Waals surface area contributed by atoms with Gasteiger partial charge in [0.25, 0.3) is 10.8 Å². The minimum Gasteiger partial charge on any atom is -0.416 e. The molecule has 0 bridgehead atoms. The van der Waals surface area contributed by atoms with Gasteiger partial charge in [0.05, 0.1) is 18.7 Å². The van der Waals surface area contributed by atoms with E-state index in [1.54, 1.807) is 6.92 Å². The van der Waals surface area contributed by atoms with Crippen molar-refractivity contribution in [2.24, 2.45) is 5.73 Å². The van der Waals surface area contributed by atoms with Gasteiger partial charge in [-0.2, -0.15) is 0 Å². The van der Waals surface area contributed by atoms with Gasteiger partial charge in [-0.3, -0.25) is 19.5 Å². The molecule has 0 radical (unpaired) electrons. The molecule has 0 saturated heterocycles. The Morgan fingerprint density at radius 3 is 2.67 bits per heavy atom. The van der Waals surface area contributed by atoms with Crippen LogP contribution in [0.5, 0.6) is 0 Å². The Bertz CT molecular complexity index is 1180. The fraction of sp³-hybridized carbons (Fsp3) is 0.222. The van der Waals surface area contributed by atoms with Gasteiger partial charge in [-0.05, 0) is 12.5 Å². The van der Waals surface area contributed by atoms with Gasteiger partial charge >= 0.3 is 11.7 Å². The molecule has 0 fully saturated rings. The number of benzene rings is 1. The largest absolute Gasteiger partial charge is 0.416 e. The van der Waals surface area contributed by atoms with Crippen molar-refractivity contribution in [2.45, 2.75) is 25.1 Å². The minimum absolute atomic E-state index is 0.0112. The molecule has 0 spiro atoms. The third-order valence-corrected chi connectivity index (χ3v) is 4.86. The molecule has 30 heavy (non-hydrogen) atoms. The van der Waals surface area contributed by atoms with E-state index in [1.807, 2.05) is 35.6 Å². The molecule has 0 aliphatic carbocycles. The second-order valence-electron chi connectivity index (χ2n) is 6.25. The Kier molecular flexibility index (Phi) is 6.47. The number of nitrogens with zero attached hydrogens (tertiary/aromatic N) is 3. The predicted octanol–water partition coefficient (Wildman–Crippen LogP) is 0.154. The molecule has 156 valence electrons. The Balaban J connectivity index is 1.77. The molecular weight excluding hydrogens is 412 g/mol. The molecular formula is C18H18N6O5S. The van der Waals surface area contributed by atoms with Crippen molar-refractivity contribution in [3.63, 3.8) is 0 Å². The van der Waals surface area contributed by atoms with E-state index < -0.39 is 23.2 Å². The Labute approximate surface area is 173 Å². The number of carbonyl (C=O) groups excluding carboxylic acids is 2. The van der Waals surface area contributed by atoms with Gasteiger partial charge in [0.15, 0.2) is 0 Å². The topological polar surface area (TPSA) is 166 Å². The van der Waals surface area contributed by atoms with Crippen molar-refractivity contribution < 1.29 is 14.0 Å². The summed E-state index contributed by atoms with van der Waals surface area (Å²) < 4.78 is 6.55. The minimum atomic E-state index is -0.952. The van der Waals surface area contributed by atoms with Crippen LogP contribution in [0.4, 0.5) is 4.79 Å². The summed E-state index contributed by atoms with van der Waals surface area (Å²) in [4.78, 5) is 49.9. The number of hydrogen-bond donors (Lipinski definition) is 3. The number of rotatable bonds is 7. The lowest BCUT2D eigenvalue weighted by atomic mass is 10.1. The quantitative estimate of drug-likeness (QED) is 0.446. The summed E-state index contributed by atoms with van der Waals surface area (Å²) in [6.07, 6.45) is 0.0112. The maximum Gasteiger partial charge on any atom is 0.328 e. The molecule has 3 amide bonds. The van der Waals surface area contributed by atoms with E-state index in [9.17, 15) is 19.2 Å². The van der Waals surface area contributed by atoms with E-state index in [2.05, 4.69) is 15.2 Å². The maximum absolute atomic E-state index is 12.9. The highest BCUT2D eigenvalue weighted by Crippen LogP contribution is 2.17. The number of carbonyl (C=O) groups is 2. The summed E-state index contributed by atoms with van der Waals surface area (Å²) in [5.74, 6) is -0.606. The molecule has 3 aromatic rings. The van der Waals surface area contributed by atoms with Gasteiger partial charge in [-0.25, -0.2) is 9.59 Å². The first kappa shape index (κ1) is 21.0. The van der Waals surface area contributed by atoms with Crippen LogP contribution in [0.25, 0.3) is 0 Å². The van der Waals surface area contributed by atoms with Gasteiger partial charge in [-0.1, -0.05) is 42.1 Å². The van der Waals surface area contributed by atoms with Crippen LogP contribution < -0.4 is 22.3 Å². The van der Waals surface area contributed by atoms with Crippen LogP contribution in [-0.2, 0) is 17.8 Å². The molecule has 0 unspecified atom stereocenters. The summed E-state index contributed by atoms with van der Waals surface area (Å²) in [6, 6.07) is 8.19. The lowest BCUT2D eigenvalue weighted by Crippen LogP contribution is -2.38. The number of primary amides is 1. The van der Waals surface area contributed by atoms with E-state index in [4.69, 9.17) is 10.2 Å². The number of nitrogens with one attached hydrogen (secondary N) is 2. The summed E-state index contributed by atoms with van der Waals surface area (Å²) in [5, 5.41) is 9.68. The number of amides is 3. The standard InChI is InChI=1S/C18H18N6O5S/c1-10-12(7-14-22-23-18(29-14)30-9-13(25)21-16(19)27)15(26)24(17(28)20-10)8-11-5-3-2-4-6-11/h2-6H,7-9H2,1H3,(H,20,28)(H3,19,21,25,27). The third-order valence-electron chi connectivity index (χ3n) is 4.04. The molecule has 0 saturated carbocycles. The zero-order chi connectivity index (χ0) is 21.7. The average Bonchev–Trinajstić information content (AvgIpc) is 3.15. The highest BCUT2D eigenvalue weighted by Gasteiger charge is 2.17. The number of aromatic amines is 1. The van der Waals surface area contributed by atoms with Crippen LogP contribution in [0.3, 0.4) is 0 Å². The maximum atomic E-state index is 12.9. The van der Waals surface area contributed by atoms with Crippen LogP contribution >= 0.6 is 11.8 Å². The van der Waals surface area contributed by atoms with E-state index in [1.165, 1.54) is 0 Å². The van der Waals surface area contributed by atoms with Crippen LogP contribution in [0.2, 0.25) is 0 Å². The van der Waals surface area contributed by atoms with Gasteiger partial charge in [0.1, 0.15) is 0 Å². The van der Waals surface area contributed by atoms with Crippen LogP contribution in [-0.4, -0.2) is 37.4 Å². The molecule has 0 atom stereocenters. The second-order valence-corrected chi connectivity index (χ2v) is 7.18. The number of imide groups is 1. The first-order chi connectivity index (χ1) is 14.3. The molecule has 2 aromatic heterocycles. The number of aromatic nitrogens is 4. The van der Waals surface area contributed by atoms with Crippen LogP contribution in [0.1, 0.15) is 22.7 Å². The third kappa shape index (κ3) is 5.23. The predicted molar refractivity (Wildman–Crippen MR) is 107 cm³/mol. The highest BCUT2D eigenvalue weighted by molar-refractivity contribution is 7.99. The molecule has 0 aliphatic rings. The van der Waals surface area contributed by atoms with E-state index in [0.29, 0.717) is 11.3 Å². The van der Waals surface area contributed by atoms with E-state index in [0.717, 1.165) is 21.9 Å². The summed E-state index contributed by atoms with van der Waals surface area (Å²) in [7, 11) is 0. The smallest absolute Gasteiger partial charge is 0.328 e. The van der Waals surface area contributed by atoms with Gasteiger partial charge in [0.2, 0.25) is 11.8 Å². The van der Waals surface area contributed by atoms with Gasteiger partial charge in [-0.15, -0.1) is 10.2 Å². The van der Waals surface area contributed by atoms with Crippen molar-refractivity contribution in [2.75, 3.05) is 5.75 Å². The summed E-state index contributed by atoms with van der Waals surface area (Å²) >= 11 is 0.916. The fourth-order valence-corrected chi connectivity index (χ4v) is 3.24. The Morgan fingerprint density at radius 2 is 1.97 bits per heavy atom. The van der Waals surface area contributed by atoms with E-state index in [-0.39, 0.29) is 29.8 Å². The lowest BCUT2D eigenvalue weighted by molar-refractivity contribution is -0.117. The molecule has 12 heteroatoms. The van der Waals surface area contributed by atoms with E-state index >= 15 is 0 Å². The summed E-state index contributed by atoms with van der Waals surface area (Å²) in [6.45, 7) is 1.74. The zero-order valence-corrected chi connectivity index (χ0v) is 16.7. The molecule has 11 nitrogen and oxygen atoms in total. The number of thioether (sulfide) groups is 1. The molecule has 4 N–H and O–H groups in total. The first-order valence-corrected chi connectivity index (χ1v) is 9.73. The fourth-order valence-electron chi connectivity index (χ4n) is 2.66. The zero-order valence-electron chi connectivity index (χ0n) is 15.9. The highest BCUT2D eigenvalue weighted by atomic mass is 32.2. The molecule has 2 heterocycles. The SMILES string of the molecule is Cc1[nH]c(=O)n(Cc2ccccc2)c(=O)c1Cc1nnc(SCC(=O)NC(N)=O)o1. The number of hydrogen-bond acceptors (Lipinski definition) is 8. The van der Waals surface area contributed by atoms with Crippen molar-refractivity contribution in [1.82, 2.24) is 25.1 Å². The average molecular weight is 430 g/mol. The Hall–Kier alpha value is -3.67. The number of urea groups is 1. The monoisotopic (exact) mass is 430 g/mol. The molecule has 3 rings (SSSR count). The summed E-state index contributed by atoms with van der Waals surface area (Å²) in [5.41, 5.74) is 5.44. The first-order valence-electron chi connectivity index (χ1n) is 8.74. The van der Waals surface area contributed by atoms with Crippen LogP contribution in [0.15, 0.2) is 49.6 Å². The Morgan fingerprint density at radius 1 is 1.23 bits per heavy atom. The number of aryl methyl sites for hydroxylation is 1. The van der Waals surface area contributed by atoms with Crippen molar-refractivity contribution in [3.05, 3.63) is 73.9 Å². The number of nitrogens with two attached hydrogens (primary N) is 1. The molecule has 0 aliphatic heterocycles. The van der Waals surface area contributed by atoms with Gasteiger partial charge in [0, 0.05) is 11.3 Å². The van der Waals surface area contributed by atoms with Crippen molar-refractivity contribution >= 4 is 23.7 Å².